The SMILES string of the molecule is CCCCCCNCc1cccc(OCCC)c1. The smallest absolute Gasteiger partial charge is 0.119 e. The molecule has 102 valence electrons. The van der Waals surface area contributed by atoms with Gasteiger partial charge in [0.2, 0.25) is 0 Å². The molecule has 1 aromatic carbocycles. The third-order valence-corrected chi connectivity index (χ3v) is 2.91. The highest BCUT2D eigenvalue weighted by Gasteiger charge is 1.96. The van der Waals surface area contributed by atoms with Crippen molar-refractivity contribution in [1.29, 1.82) is 0 Å². The van der Waals surface area contributed by atoms with Crippen LogP contribution in [-0.2, 0) is 6.54 Å². The zero-order valence-electron chi connectivity index (χ0n) is 11.9. The lowest BCUT2D eigenvalue weighted by Gasteiger charge is -2.08. The molecular weight excluding hydrogens is 222 g/mol. The van der Waals surface area contributed by atoms with Crippen LogP contribution in [0, 0.1) is 0 Å². The number of unbranched alkanes of at least 4 members (excludes halogenated alkanes) is 3. The van der Waals surface area contributed by atoms with Crippen LogP contribution in [0.1, 0.15) is 51.5 Å². The molecule has 1 aromatic rings. The monoisotopic (exact) mass is 249 g/mol. The van der Waals surface area contributed by atoms with Crippen molar-refractivity contribution >= 4 is 0 Å². The molecule has 0 saturated carbocycles. The molecule has 2 nitrogen and oxygen atoms in total. The molecule has 0 bridgehead atoms. The highest BCUT2D eigenvalue weighted by atomic mass is 16.5. The van der Waals surface area contributed by atoms with Gasteiger partial charge >= 0.3 is 0 Å². The summed E-state index contributed by atoms with van der Waals surface area (Å²) in [6.07, 6.45) is 6.32. The molecule has 1 rings (SSSR count). The van der Waals surface area contributed by atoms with E-state index in [-0.39, 0.29) is 0 Å². The molecule has 0 aliphatic rings. The maximum Gasteiger partial charge on any atom is 0.119 e. The normalized spacial score (nSPS) is 10.6. The van der Waals surface area contributed by atoms with E-state index in [4.69, 9.17) is 4.74 Å². The predicted molar refractivity (Wildman–Crippen MR) is 78.1 cm³/mol. The molecule has 0 amide bonds. The Kier molecular flexibility index (Phi) is 8.32. The second kappa shape index (κ2) is 9.95. The van der Waals surface area contributed by atoms with Crippen molar-refractivity contribution in [3.63, 3.8) is 0 Å². The van der Waals surface area contributed by atoms with Crippen LogP contribution in [0.25, 0.3) is 0 Å². The van der Waals surface area contributed by atoms with Gasteiger partial charge in [-0.25, -0.2) is 0 Å². The summed E-state index contributed by atoms with van der Waals surface area (Å²) >= 11 is 0. The fourth-order valence-corrected chi connectivity index (χ4v) is 1.87. The standard InChI is InChI=1S/C16H27NO/c1-3-5-6-7-11-17-14-15-9-8-10-16(13-15)18-12-4-2/h8-10,13,17H,3-7,11-12,14H2,1-2H3. The minimum atomic E-state index is 0.800. The van der Waals surface area contributed by atoms with Gasteiger partial charge in [-0.3, -0.25) is 0 Å². The van der Waals surface area contributed by atoms with E-state index >= 15 is 0 Å². The van der Waals surface area contributed by atoms with Crippen molar-refractivity contribution in [1.82, 2.24) is 5.32 Å². The second-order valence-corrected chi connectivity index (χ2v) is 4.73. The van der Waals surface area contributed by atoms with Gasteiger partial charge in [0.25, 0.3) is 0 Å². The Morgan fingerprint density at radius 1 is 1.06 bits per heavy atom. The van der Waals surface area contributed by atoms with E-state index in [0.717, 1.165) is 31.9 Å². The summed E-state index contributed by atoms with van der Waals surface area (Å²) in [6, 6.07) is 8.38. The summed E-state index contributed by atoms with van der Waals surface area (Å²) in [5, 5.41) is 3.49. The van der Waals surface area contributed by atoms with Gasteiger partial charge in [0.05, 0.1) is 6.61 Å². The fourth-order valence-electron chi connectivity index (χ4n) is 1.87. The van der Waals surface area contributed by atoms with E-state index < -0.39 is 0 Å². The van der Waals surface area contributed by atoms with Gasteiger partial charge in [-0.15, -0.1) is 0 Å². The summed E-state index contributed by atoms with van der Waals surface area (Å²) in [6.45, 7) is 7.22. The van der Waals surface area contributed by atoms with Crippen LogP contribution < -0.4 is 10.1 Å². The summed E-state index contributed by atoms with van der Waals surface area (Å²) in [4.78, 5) is 0. The van der Waals surface area contributed by atoms with E-state index in [9.17, 15) is 0 Å². The van der Waals surface area contributed by atoms with Crippen LogP contribution in [0.4, 0.5) is 0 Å². The summed E-state index contributed by atoms with van der Waals surface area (Å²) < 4.78 is 5.63. The molecule has 0 atom stereocenters. The molecule has 0 heterocycles. The van der Waals surface area contributed by atoms with Crippen LogP contribution in [-0.4, -0.2) is 13.2 Å². The Morgan fingerprint density at radius 3 is 2.72 bits per heavy atom. The third kappa shape index (κ3) is 6.65. The zero-order chi connectivity index (χ0) is 13.1. The summed E-state index contributed by atoms with van der Waals surface area (Å²) in [5.41, 5.74) is 1.30. The Labute approximate surface area is 112 Å². The molecule has 0 saturated heterocycles. The maximum atomic E-state index is 5.63. The molecule has 0 spiro atoms. The number of nitrogens with one attached hydrogen (secondary N) is 1. The minimum absolute atomic E-state index is 0.800. The third-order valence-electron chi connectivity index (χ3n) is 2.91. The van der Waals surface area contributed by atoms with Gasteiger partial charge in [0.15, 0.2) is 0 Å². The Bertz CT molecular complexity index is 312. The van der Waals surface area contributed by atoms with Gasteiger partial charge in [-0.05, 0) is 37.1 Å². The van der Waals surface area contributed by atoms with Crippen molar-refractivity contribution in [3.8, 4) is 5.75 Å². The molecule has 0 fully saturated rings. The van der Waals surface area contributed by atoms with E-state index in [0.29, 0.717) is 0 Å². The van der Waals surface area contributed by atoms with Gasteiger partial charge in [0, 0.05) is 6.54 Å². The quantitative estimate of drug-likeness (QED) is 0.629. The number of hydrogen-bond acceptors (Lipinski definition) is 2. The van der Waals surface area contributed by atoms with Crippen molar-refractivity contribution in [3.05, 3.63) is 29.8 Å². The largest absolute Gasteiger partial charge is 0.494 e. The number of hydrogen-bond donors (Lipinski definition) is 1. The van der Waals surface area contributed by atoms with Crippen molar-refractivity contribution in [2.45, 2.75) is 52.5 Å². The van der Waals surface area contributed by atoms with E-state index in [1.54, 1.807) is 0 Å². The van der Waals surface area contributed by atoms with Crippen molar-refractivity contribution in [2.24, 2.45) is 0 Å². The average molecular weight is 249 g/mol. The lowest BCUT2D eigenvalue weighted by atomic mass is 10.2. The van der Waals surface area contributed by atoms with Crippen LogP contribution >= 0.6 is 0 Å². The van der Waals surface area contributed by atoms with Crippen LogP contribution in [0.15, 0.2) is 24.3 Å². The summed E-state index contributed by atoms with van der Waals surface area (Å²) in [5.74, 6) is 0.988. The topological polar surface area (TPSA) is 21.3 Å². The molecule has 0 aliphatic heterocycles. The van der Waals surface area contributed by atoms with Crippen LogP contribution in [0.3, 0.4) is 0 Å². The first kappa shape index (κ1) is 15.0. The van der Waals surface area contributed by atoms with Crippen molar-refractivity contribution in [2.75, 3.05) is 13.2 Å². The van der Waals surface area contributed by atoms with E-state index in [1.165, 1.54) is 31.2 Å². The molecule has 0 unspecified atom stereocenters. The molecule has 1 N–H and O–H groups in total. The van der Waals surface area contributed by atoms with Crippen LogP contribution in [0.2, 0.25) is 0 Å². The molecule has 18 heavy (non-hydrogen) atoms. The molecule has 0 radical (unpaired) electrons. The van der Waals surface area contributed by atoms with E-state index in [2.05, 4.69) is 37.4 Å². The Morgan fingerprint density at radius 2 is 1.94 bits per heavy atom. The lowest BCUT2D eigenvalue weighted by Crippen LogP contribution is -2.14. The molecule has 0 aliphatic carbocycles. The predicted octanol–water partition coefficient (Wildman–Crippen LogP) is 4.15. The van der Waals surface area contributed by atoms with Gasteiger partial charge in [0.1, 0.15) is 5.75 Å². The molecule has 2 heteroatoms. The first-order valence-corrected chi connectivity index (χ1v) is 7.29. The van der Waals surface area contributed by atoms with Gasteiger partial charge in [-0.1, -0.05) is 45.2 Å². The highest BCUT2D eigenvalue weighted by Crippen LogP contribution is 2.13. The van der Waals surface area contributed by atoms with Crippen molar-refractivity contribution < 1.29 is 4.74 Å². The lowest BCUT2D eigenvalue weighted by molar-refractivity contribution is 0.317. The van der Waals surface area contributed by atoms with Gasteiger partial charge < -0.3 is 10.1 Å². The first-order valence-electron chi connectivity index (χ1n) is 7.29. The first-order chi connectivity index (χ1) is 8.86. The average Bonchev–Trinajstić information content (AvgIpc) is 2.41. The Hall–Kier alpha value is -1.02. The number of benzene rings is 1. The highest BCUT2D eigenvalue weighted by molar-refractivity contribution is 5.28. The van der Waals surface area contributed by atoms with Gasteiger partial charge in [-0.2, -0.15) is 0 Å². The van der Waals surface area contributed by atoms with E-state index in [1.807, 2.05) is 6.07 Å². The van der Waals surface area contributed by atoms with Crippen LogP contribution in [0.5, 0.6) is 5.75 Å². The Balaban J connectivity index is 2.20. The summed E-state index contributed by atoms with van der Waals surface area (Å²) in [7, 11) is 0. The number of ether oxygens (including phenoxy) is 1. The minimum Gasteiger partial charge on any atom is -0.494 e. The fraction of sp³-hybridized carbons (Fsp3) is 0.625. The molecular formula is C16H27NO. The zero-order valence-corrected chi connectivity index (χ0v) is 11.9. The molecule has 0 aromatic heterocycles. The second-order valence-electron chi connectivity index (χ2n) is 4.73. The maximum absolute atomic E-state index is 5.63. The number of rotatable bonds is 10.